The van der Waals surface area contributed by atoms with E-state index >= 15 is 0 Å². The monoisotopic (exact) mass is 352 g/mol. The smallest absolute Gasteiger partial charge is 0.214 e. The van der Waals surface area contributed by atoms with Gasteiger partial charge in [-0.25, -0.2) is 0 Å². The van der Waals surface area contributed by atoms with Gasteiger partial charge in [0, 0.05) is 5.56 Å². The van der Waals surface area contributed by atoms with Crippen LogP contribution in [0.1, 0.15) is 34.0 Å². The number of Topliss-reactive ketones (excluding diaryl/α,β-unsaturated/α-hetero) is 1. The van der Waals surface area contributed by atoms with Crippen molar-refractivity contribution in [3.63, 3.8) is 0 Å². The van der Waals surface area contributed by atoms with Crippen molar-refractivity contribution in [2.75, 3.05) is 0 Å². The molecule has 0 unspecified atom stereocenters. The van der Waals surface area contributed by atoms with Gasteiger partial charge in [-0.05, 0) is 49.2 Å². The zero-order valence-electron chi connectivity index (χ0n) is 14.7. The zero-order valence-corrected chi connectivity index (χ0v) is 15.5. The second kappa shape index (κ2) is 7.19. The lowest BCUT2D eigenvalue weighted by Crippen LogP contribution is -2.15. The maximum atomic E-state index is 12.7. The lowest BCUT2D eigenvalue weighted by molar-refractivity contribution is 0.0994. The molecule has 0 saturated carbocycles. The normalized spacial score (nSPS) is 12.2. The molecule has 5 nitrogen and oxygen atoms in total. The third-order valence-corrected chi connectivity index (χ3v) is 5.11. The first-order chi connectivity index (χ1) is 12.0. The number of carbonyl (C=O) groups is 1. The van der Waals surface area contributed by atoms with Gasteiger partial charge in [0.05, 0.1) is 10.9 Å². The van der Waals surface area contributed by atoms with Crippen LogP contribution in [0, 0.1) is 20.8 Å². The molecule has 6 heteroatoms. The quantitative estimate of drug-likeness (QED) is 0.514. The fourth-order valence-corrected chi connectivity index (χ4v) is 3.57. The van der Waals surface area contributed by atoms with Crippen LogP contribution in [-0.2, 0) is 0 Å². The molecule has 0 saturated heterocycles. The average molecular weight is 352 g/mol. The number of benzene rings is 2. The minimum absolute atomic E-state index is 0.0704. The van der Waals surface area contributed by atoms with Gasteiger partial charge in [0.25, 0.3) is 0 Å². The fourth-order valence-electron chi connectivity index (χ4n) is 2.70. The lowest BCUT2D eigenvalue weighted by Gasteiger charge is -2.13. The second-order valence-corrected chi connectivity index (χ2v) is 7.41. The average Bonchev–Trinajstić information content (AvgIpc) is 3.02. The zero-order chi connectivity index (χ0) is 18.0. The molecule has 0 bridgehead atoms. The maximum absolute atomic E-state index is 12.7. The Bertz CT molecular complexity index is 882. The Balaban J connectivity index is 1.86. The molecule has 0 N–H and O–H groups in total. The summed E-state index contributed by atoms with van der Waals surface area (Å²) in [6.07, 6.45) is 0. The number of aryl methyl sites for hydroxylation is 3. The fraction of sp³-hybridized carbons (Fsp3) is 0.263. The molecule has 0 radical (unpaired) electrons. The number of rotatable bonds is 5. The Kier molecular flexibility index (Phi) is 4.99. The van der Waals surface area contributed by atoms with E-state index in [9.17, 15) is 4.79 Å². The Hall–Kier alpha value is -2.47. The van der Waals surface area contributed by atoms with Gasteiger partial charge in [-0.3, -0.25) is 4.79 Å². The summed E-state index contributed by atoms with van der Waals surface area (Å²) >= 11 is 1.37. The number of ketones is 1. The summed E-state index contributed by atoms with van der Waals surface area (Å²) < 4.78 is 1.72. The third-order valence-electron chi connectivity index (χ3n) is 4.08. The van der Waals surface area contributed by atoms with E-state index in [1.165, 1.54) is 11.8 Å². The standard InChI is InChI=1S/C19H20N4OS/c1-12-8-10-16(11-9-12)18(24)15(4)25-19-20-21-22-23(19)17-13(2)6-5-7-14(17)3/h5-11,15H,1-4H3/t15-/m1/s1. The van der Waals surface area contributed by atoms with Crippen LogP contribution in [0.15, 0.2) is 47.6 Å². The van der Waals surface area contributed by atoms with E-state index in [1.54, 1.807) is 4.68 Å². The van der Waals surface area contributed by atoms with E-state index in [-0.39, 0.29) is 11.0 Å². The van der Waals surface area contributed by atoms with Crippen LogP contribution >= 0.6 is 11.8 Å². The molecular formula is C19H20N4OS. The molecule has 0 spiro atoms. The van der Waals surface area contributed by atoms with Gasteiger partial charge in [-0.2, -0.15) is 4.68 Å². The van der Waals surface area contributed by atoms with Crippen LogP contribution < -0.4 is 0 Å². The van der Waals surface area contributed by atoms with Gasteiger partial charge in [0.2, 0.25) is 5.16 Å². The molecule has 0 aliphatic heterocycles. The molecule has 0 aliphatic carbocycles. The number of hydrogen-bond acceptors (Lipinski definition) is 5. The van der Waals surface area contributed by atoms with Gasteiger partial charge in [0.1, 0.15) is 0 Å². The molecule has 25 heavy (non-hydrogen) atoms. The molecule has 0 aliphatic rings. The maximum Gasteiger partial charge on any atom is 0.214 e. The molecular weight excluding hydrogens is 332 g/mol. The van der Waals surface area contributed by atoms with Crippen LogP contribution in [0.4, 0.5) is 0 Å². The van der Waals surface area contributed by atoms with E-state index in [2.05, 4.69) is 15.5 Å². The van der Waals surface area contributed by atoms with Crippen molar-refractivity contribution in [2.24, 2.45) is 0 Å². The summed E-state index contributed by atoms with van der Waals surface area (Å²) in [5.74, 6) is 0.0704. The molecule has 1 heterocycles. The largest absolute Gasteiger partial charge is 0.293 e. The first kappa shape index (κ1) is 17.4. The molecule has 1 atom stereocenters. The first-order valence-electron chi connectivity index (χ1n) is 8.10. The van der Waals surface area contributed by atoms with E-state index < -0.39 is 0 Å². The van der Waals surface area contributed by atoms with E-state index in [0.717, 1.165) is 22.4 Å². The number of hydrogen-bond donors (Lipinski definition) is 0. The minimum Gasteiger partial charge on any atom is -0.293 e. The van der Waals surface area contributed by atoms with Crippen LogP contribution in [-0.4, -0.2) is 31.2 Å². The number of tetrazole rings is 1. The molecule has 2 aromatic carbocycles. The minimum atomic E-state index is -0.281. The molecule has 3 rings (SSSR count). The van der Waals surface area contributed by atoms with Gasteiger partial charge in [0.15, 0.2) is 5.78 Å². The predicted octanol–water partition coefficient (Wildman–Crippen LogP) is 3.95. The van der Waals surface area contributed by atoms with Crippen LogP contribution in [0.25, 0.3) is 5.69 Å². The Morgan fingerprint density at radius 3 is 2.32 bits per heavy atom. The van der Waals surface area contributed by atoms with Gasteiger partial charge in [-0.1, -0.05) is 59.8 Å². The topological polar surface area (TPSA) is 60.7 Å². The van der Waals surface area contributed by atoms with Crippen LogP contribution in [0.2, 0.25) is 0 Å². The van der Waals surface area contributed by atoms with Gasteiger partial charge in [-0.15, -0.1) is 5.10 Å². The predicted molar refractivity (Wildman–Crippen MR) is 99.5 cm³/mol. The highest BCUT2D eigenvalue weighted by atomic mass is 32.2. The molecule has 0 amide bonds. The van der Waals surface area contributed by atoms with Crippen molar-refractivity contribution in [1.82, 2.24) is 20.2 Å². The molecule has 128 valence electrons. The van der Waals surface area contributed by atoms with E-state index in [4.69, 9.17) is 0 Å². The van der Waals surface area contributed by atoms with Gasteiger partial charge >= 0.3 is 0 Å². The summed E-state index contributed by atoms with van der Waals surface area (Å²) in [4.78, 5) is 12.7. The number of carbonyl (C=O) groups excluding carboxylic acids is 1. The van der Waals surface area contributed by atoms with Crippen molar-refractivity contribution < 1.29 is 4.79 Å². The highest BCUT2D eigenvalue weighted by Crippen LogP contribution is 2.27. The van der Waals surface area contributed by atoms with Crippen molar-refractivity contribution >= 4 is 17.5 Å². The number of thioether (sulfide) groups is 1. The molecule has 1 aromatic heterocycles. The first-order valence-corrected chi connectivity index (χ1v) is 8.98. The molecule has 0 fully saturated rings. The lowest BCUT2D eigenvalue weighted by atomic mass is 10.1. The summed E-state index contributed by atoms with van der Waals surface area (Å²) in [6, 6.07) is 13.7. The van der Waals surface area contributed by atoms with Crippen molar-refractivity contribution in [1.29, 1.82) is 0 Å². The second-order valence-electron chi connectivity index (χ2n) is 6.10. The summed E-state index contributed by atoms with van der Waals surface area (Å²) in [7, 11) is 0. The number of para-hydroxylation sites is 1. The van der Waals surface area contributed by atoms with E-state index in [1.807, 2.05) is 70.2 Å². The highest BCUT2D eigenvalue weighted by Gasteiger charge is 2.21. The molecule has 3 aromatic rings. The number of nitrogens with zero attached hydrogens (tertiary/aromatic N) is 4. The summed E-state index contributed by atoms with van der Waals surface area (Å²) in [5, 5.41) is 12.4. The third kappa shape index (κ3) is 3.64. The summed E-state index contributed by atoms with van der Waals surface area (Å²) in [6.45, 7) is 7.94. The Morgan fingerprint density at radius 1 is 1.04 bits per heavy atom. The number of aromatic nitrogens is 4. The van der Waals surface area contributed by atoms with Crippen molar-refractivity contribution in [2.45, 2.75) is 38.1 Å². The van der Waals surface area contributed by atoms with E-state index in [0.29, 0.717) is 10.7 Å². The van der Waals surface area contributed by atoms with Crippen LogP contribution in [0.5, 0.6) is 0 Å². The summed E-state index contributed by atoms with van der Waals surface area (Å²) in [5.41, 5.74) is 4.98. The van der Waals surface area contributed by atoms with Crippen molar-refractivity contribution in [3.05, 3.63) is 64.7 Å². The van der Waals surface area contributed by atoms with Crippen molar-refractivity contribution in [3.8, 4) is 5.69 Å². The SMILES string of the molecule is Cc1ccc(C(=O)[C@@H](C)Sc2nnnn2-c2c(C)cccc2C)cc1. The van der Waals surface area contributed by atoms with Gasteiger partial charge < -0.3 is 0 Å². The highest BCUT2D eigenvalue weighted by molar-refractivity contribution is 8.00. The van der Waals surface area contributed by atoms with Crippen LogP contribution in [0.3, 0.4) is 0 Å². The Morgan fingerprint density at radius 2 is 1.68 bits per heavy atom. The Labute approximate surface area is 151 Å².